The fraction of sp³-hybridized carbons (Fsp3) is 0.188. The van der Waals surface area contributed by atoms with Crippen LogP contribution in [0.3, 0.4) is 0 Å². The largest absolute Gasteiger partial charge is 0.465 e. The van der Waals surface area contributed by atoms with Crippen molar-refractivity contribution in [3.63, 3.8) is 0 Å². The van der Waals surface area contributed by atoms with Gasteiger partial charge in [0.05, 0.1) is 12.7 Å². The van der Waals surface area contributed by atoms with Crippen LogP contribution in [0.5, 0.6) is 0 Å². The van der Waals surface area contributed by atoms with Crippen molar-refractivity contribution in [1.29, 1.82) is 0 Å². The third-order valence-electron chi connectivity index (χ3n) is 3.16. The van der Waals surface area contributed by atoms with E-state index in [0.717, 1.165) is 5.56 Å². The molecular formula is C16H15F2NO2. The molecule has 5 heteroatoms. The number of esters is 1. The van der Waals surface area contributed by atoms with Gasteiger partial charge in [-0.05, 0) is 42.8 Å². The maximum absolute atomic E-state index is 13.5. The molecule has 0 bridgehead atoms. The number of hydrogen-bond donors (Lipinski definition) is 1. The number of ether oxygens (including phenoxy) is 1. The van der Waals surface area contributed by atoms with Gasteiger partial charge in [0.2, 0.25) is 0 Å². The van der Waals surface area contributed by atoms with E-state index in [1.54, 1.807) is 25.1 Å². The third-order valence-corrected chi connectivity index (χ3v) is 3.16. The molecule has 0 radical (unpaired) electrons. The molecule has 0 fully saturated rings. The predicted octanol–water partition coefficient (Wildman–Crippen LogP) is 3.67. The van der Waals surface area contributed by atoms with Crippen molar-refractivity contribution in [2.24, 2.45) is 0 Å². The summed E-state index contributed by atoms with van der Waals surface area (Å²) >= 11 is 0. The van der Waals surface area contributed by atoms with Gasteiger partial charge in [-0.1, -0.05) is 6.07 Å². The Kier molecular flexibility index (Phi) is 4.52. The second-order valence-electron chi connectivity index (χ2n) is 4.58. The van der Waals surface area contributed by atoms with Crippen LogP contribution in [-0.2, 0) is 11.3 Å². The molecule has 0 aliphatic rings. The van der Waals surface area contributed by atoms with Crippen LogP contribution >= 0.6 is 0 Å². The molecule has 1 N–H and O–H groups in total. The average molecular weight is 291 g/mol. The lowest BCUT2D eigenvalue weighted by atomic mass is 10.1. The summed E-state index contributed by atoms with van der Waals surface area (Å²) in [5, 5.41) is 2.96. The second kappa shape index (κ2) is 6.35. The van der Waals surface area contributed by atoms with Crippen LogP contribution in [0.4, 0.5) is 14.5 Å². The van der Waals surface area contributed by atoms with E-state index in [4.69, 9.17) is 0 Å². The highest BCUT2D eigenvalue weighted by molar-refractivity contribution is 5.90. The van der Waals surface area contributed by atoms with Gasteiger partial charge in [0.1, 0.15) is 11.6 Å². The number of carbonyl (C=O) groups excluding carboxylic acids is 1. The summed E-state index contributed by atoms with van der Waals surface area (Å²) in [5.74, 6) is -1.61. The van der Waals surface area contributed by atoms with Gasteiger partial charge in [0, 0.05) is 17.8 Å². The number of halogens is 2. The van der Waals surface area contributed by atoms with Gasteiger partial charge in [-0.25, -0.2) is 13.6 Å². The number of anilines is 1. The normalized spacial score (nSPS) is 10.3. The molecule has 0 aliphatic carbocycles. The lowest BCUT2D eigenvalue weighted by Gasteiger charge is -2.12. The Morgan fingerprint density at radius 1 is 1.19 bits per heavy atom. The van der Waals surface area contributed by atoms with Crippen molar-refractivity contribution in [2.75, 3.05) is 12.4 Å². The molecule has 0 aliphatic heterocycles. The third kappa shape index (κ3) is 3.37. The van der Waals surface area contributed by atoms with Crippen molar-refractivity contribution >= 4 is 11.7 Å². The zero-order valence-electron chi connectivity index (χ0n) is 11.7. The number of nitrogens with one attached hydrogen (secondary N) is 1. The first-order valence-corrected chi connectivity index (χ1v) is 6.38. The fourth-order valence-electron chi connectivity index (χ4n) is 1.99. The summed E-state index contributed by atoms with van der Waals surface area (Å²) in [7, 11) is 1.31. The molecule has 2 rings (SSSR count). The molecule has 3 nitrogen and oxygen atoms in total. The lowest BCUT2D eigenvalue weighted by molar-refractivity contribution is 0.0600. The highest BCUT2D eigenvalue weighted by Crippen LogP contribution is 2.19. The maximum Gasteiger partial charge on any atom is 0.337 e. The van der Waals surface area contributed by atoms with Crippen LogP contribution in [0.1, 0.15) is 21.5 Å². The minimum atomic E-state index is -0.591. The van der Waals surface area contributed by atoms with Crippen LogP contribution in [-0.4, -0.2) is 13.1 Å². The Morgan fingerprint density at radius 3 is 2.43 bits per heavy atom. The Morgan fingerprint density at radius 2 is 1.86 bits per heavy atom. The van der Waals surface area contributed by atoms with Gasteiger partial charge in [-0.2, -0.15) is 0 Å². The van der Waals surface area contributed by atoms with E-state index in [-0.39, 0.29) is 12.1 Å². The number of benzene rings is 2. The van der Waals surface area contributed by atoms with E-state index in [0.29, 0.717) is 11.3 Å². The van der Waals surface area contributed by atoms with Crippen LogP contribution in [0, 0.1) is 18.6 Å². The minimum absolute atomic E-state index is 0.0195. The number of carbonyl (C=O) groups is 1. The molecule has 0 saturated heterocycles. The average Bonchev–Trinajstić information content (AvgIpc) is 2.47. The van der Waals surface area contributed by atoms with Gasteiger partial charge in [0.15, 0.2) is 0 Å². The van der Waals surface area contributed by atoms with E-state index in [2.05, 4.69) is 10.1 Å². The molecule has 0 saturated carbocycles. The SMILES string of the molecule is COC(=O)c1ccc(NCc2c(F)cccc2F)c(C)c1. The predicted molar refractivity (Wildman–Crippen MR) is 76.2 cm³/mol. The van der Waals surface area contributed by atoms with Crippen LogP contribution in [0.15, 0.2) is 36.4 Å². The highest BCUT2D eigenvalue weighted by atomic mass is 19.1. The monoisotopic (exact) mass is 291 g/mol. The Labute approximate surface area is 121 Å². The molecule has 0 unspecified atom stereocenters. The first-order chi connectivity index (χ1) is 10.0. The fourth-order valence-corrected chi connectivity index (χ4v) is 1.99. The summed E-state index contributed by atoms with van der Waals surface area (Å²) in [4.78, 5) is 11.4. The maximum atomic E-state index is 13.5. The topological polar surface area (TPSA) is 38.3 Å². The molecule has 0 spiro atoms. The molecule has 2 aromatic carbocycles. The molecule has 21 heavy (non-hydrogen) atoms. The van der Waals surface area contributed by atoms with Crippen LogP contribution < -0.4 is 5.32 Å². The molecule has 0 aromatic heterocycles. The van der Waals surface area contributed by atoms with Crippen molar-refractivity contribution in [2.45, 2.75) is 13.5 Å². The van der Waals surface area contributed by atoms with E-state index in [1.165, 1.54) is 25.3 Å². The number of aryl methyl sites for hydroxylation is 1. The smallest absolute Gasteiger partial charge is 0.337 e. The molecule has 0 heterocycles. The van der Waals surface area contributed by atoms with E-state index in [1.807, 2.05) is 0 Å². The molecule has 0 amide bonds. The Bertz CT molecular complexity index is 651. The van der Waals surface area contributed by atoms with Crippen molar-refractivity contribution in [3.05, 3.63) is 64.7 Å². The first-order valence-electron chi connectivity index (χ1n) is 6.38. The zero-order chi connectivity index (χ0) is 15.4. The van der Waals surface area contributed by atoms with Crippen molar-refractivity contribution in [3.8, 4) is 0 Å². The summed E-state index contributed by atoms with van der Waals surface area (Å²) in [5.41, 5.74) is 1.89. The van der Waals surface area contributed by atoms with Gasteiger partial charge in [0.25, 0.3) is 0 Å². The number of rotatable bonds is 4. The number of methoxy groups -OCH3 is 1. The zero-order valence-corrected chi connectivity index (χ0v) is 11.7. The summed E-state index contributed by atoms with van der Waals surface area (Å²) in [6.07, 6.45) is 0. The quantitative estimate of drug-likeness (QED) is 0.873. The minimum Gasteiger partial charge on any atom is -0.465 e. The van der Waals surface area contributed by atoms with Gasteiger partial charge >= 0.3 is 5.97 Å². The van der Waals surface area contributed by atoms with Crippen LogP contribution in [0.25, 0.3) is 0 Å². The van der Waals surface area contributed by atoms with Crippen LogP contribution in [0.2, 0.25) is 0 Å². The van der Waals surface area contributed by atoms with Gasteiger partial charge in [-0.15, -0.1) is 0 Å². The van der Waals surface area contributed by atoms with E-state index in [9.17, 15) is 13.6 Å². The second-order valence-corrected chi connectivity index (χ2v) is 4.58. The van der Waals surface area contributed by atoms with E-state index >= 15 is 0 Å². The van der Waals surface area contributed by atoms with Gasteiger partial charge in [-0.3, -0.25) is 0 Å². The van der Waals surface area contributed by atoms with Crippen molar-refractivity contribution in [1.82, 2.24) is 0 Å². The first kappa shape index (κ1) is 15.0. The highest BCUT2D eigenvalue weighted by Gasteiger charge is 2.10. The lowest BCUT2D eigenvalue weighted by Crippen LogP contribution is -2.07. The summed E-state index contributed by atoms with van der Waals surface area (Å²) in [6, 6.07) is 8.69. The van der Waals surface area contributed by atoms with Crippen molar-refractivity contribution < 1.29 is 18.3 Å². The molecular weight excluding hydrogens is 276 g/mol. The molecule has 0 atom stereocenters. The Balaban J connectivity index is 2.16. The Hall–Kier alpha value is -2.43. The molecule has 110 valence electrons. The molecule has 2 aromatic rings. The number of hydrogen-bond acceptors (Lipinski definition) is 3. The summed E-state index contributed by atoms with van der Waals surface area (Å²) < 4.78 is 31.7. The van der Waals surface area contributed by atoms with Gasteiger partial charge < -0.3 is 10.1 Å². The summed E-state index contributed by atoms with van der Waals surface area (Å²) in [6.45, 7) is 1.82. The standard InChI is InChI=1S/C16H15F2NO2/c1-10-8-11(16(20)21-2)6-7-15(10)19-9-12-13(17)4-3-5-14(12)18/h3-8,19H,9H2,1-2H3. The van der Waals surface area contributed by atoms with E-state index < -0.39 is 17.6 Å².